The molecule has 0 aliphatic carbocycles. The smallest absolute Gasteiger partial charge is 0.222 e. The summed E-state index contributed by atoms with van der Waals surface area (Å²) in [5, 5.41) is 2.93. The van der Waals surface area contributed by atoms with Gasteiger partial charge in [0.15, 0.2) is 0 Å². The number of aromatic nitrogens is 2. The van der Waals surface area contributed by atoms with Crippen LogP contribution in [-0.2, 0) is 18.4 Å². The Bertz CT molecular complexity index is 626. The van der Waals surface area contributed by atoms with Crippen molar-refractivity contribution in [2.75, 3.05) is 0 Å². The van der Waals surface area contributed by atoms with E-state index in [1.54, 1.807) is 0 Å². The maximum absolute atomic E-state index is 11.6. The van der Waals surface area contributed by atoms with Crippen molar-refractivity contribution in [1.82, 2.24) is 14.9 Å². The van der Waals surface area contributed by atoms with Gasteiger partial charge in [0.2, 0.25) is 5.91 Å². The summed E-state index contributed by atoms with van der Waals surface area (Å²) in [5.74, 6) is 1.58. The van der Waals surface area contributed by atoms with Gasteiger partial charge in [0.25, 0.3) is 0 Å². The number of benzene rings is 1. The number of hydrogen-bond donors (Lipinski definition) is 1. The predicted molar refractivity (Wildman–Crippen MR) is 81.5 cm³/mol. The highest BCUT2D eigenvalue weighted by Crippen LogP contribution is 2.21. The van der Waals surface area contributed by atoms with Crippen LogP contribution >= 0.6 is 0 Å². The summed E-state index contributed by atoms with van der Waals surface area (Å²) < 4.78 is 2.14. The number of fused-ring (bicyclic) bond motifs is 1. The molecule has 0 saturated heterocycles. The van der Waals surface area contributed by atoms with E-state index in [0.717, 1.165) is 22.4 Å². The highest BCUT2D eigenvalue weighted by molar-refractivity contribution is 5.79. The number of rotatable bonds is 4. The second kappa shape index (κ2) is 5.65. The minimum atomic E-state index is 0.0149. The third-order valence-corrected chi connectivity index (χ3v) is 3.49. The molecule has 20 heavy (non-hydrogen) atoms. The fourth-order valence-corrected chi connectivity index (χ4v) is 2.28. The van der Waals surface area contributed by atoms with E-state index >= 15 is 0 Å². The van der Waals surface area contributed by atoms with Gasteiger partial charge in [0.05, 0.1) is 11.0 Å². The molecule has 0 saturated carbocycles. The molecule has 0 bridgehead atoms. The van der Waals surface area contributed by atoms with Gasteiger partial charge in [-0.2, -0.15) is 0 Å². The third kappa shape index (κ3) is 2.84. The maximum atomic E-state index is 11.6. The Morgan fingerprint density at radius 1 is 1.30 bits per heavy atom. The number of hydrogen-bond acceptors (Lipinski definition) is 2. The average molecular weight is 273 g/mol. The molecule has 0 aliphatic heterocycles. The summed E-state index contributed by atoms with van der Waals surface area (Å²) in [4.78, 5) is 16.3. The van der Waals surface area contributed by atoms with Gasteiger partial charge in [0, 0.05) is 25.4 Å². The van der Waals surface area contributed by atoms with Crippen molar-refractivity contribution in [3.63, 3.8) is 0 Å². The van der Waals surface area contributed by atoms with Crippen molar-refractivity contribution in [1.29, 1.82) is 0 Å². The molecule has 0 aliphatic rings. The van der Waals surface area contributed by atoms with Crippen molar-refractivity contribution in [2.24, 2.45) is 13.0 Å². The molecular formula is C16H23N3O. The zero-order chi connectivity index (χ0) is 14.9. The van der Waals surface area contributed by atoms with Gasteiger partial charge in [-0.05, 0) is 17.7 Å². The number of carbonyl (C=O) groups is 1. The summed E-state index contributed by atoms with van der Waals surface area (Å²) >= 11 is 0. The van der Waals surface area contributed by atoms with Gasteiger partial charge in [-0.15, -0.1) is 0 Å². The van der Waals surface area contributed by atoms with Gasteiger partial charge in [-0.1, -0.05) is 33.8 Å². The summed E-state index contributed by atoms with van der Waals surface area (Å²) in [7, 11) is 2.05. The fraction of sp³-hybridized carbons (Fsp3) is 0.500. The number of nitrogens with zero attached hydrogens (tertiary/aromatic N) is 2. The van der Waals surface area contributed by atoms with Crippen LogP contribution in [0.4, 0.5) is 0 Å². The van der Waals surface area contributed by atoms with E-state index in [1.807, 2.05) is 20.9 Å². The molecule has 1 amide bonds. The van der Waals surface area contributed by atoms with Crippen LogP contribution in [0.3, 0.4) is 0 Å². The van der Waals surface area contributed by atoms with E-state index < -0.39 is 0 Å². The van der Waals surface area contributed by atoms with Gasteiger partial charge in [-0.25, -0.2) is 4.98 Å². The van der Waals surface area contributed by atoms with Crippen LogP contribution in [-0.4, -0.2) is 15.5 Å². The molecule has 1 aromatic heterocycles. The SMILES string of the molecule is CC(C)C(=O)NCc1ccc2c(c1)nc(C(C)C)n2C. The largest absolute Gasteiger partial charge is 0.352 e. The van der Waals surface area contributed by atoms with Crippen molar-refractivity contribution in [3.8, 4) is 0 Å². The Morgan fingerprint density at radius 2 is 2.00 bits per heavy atom. The lowest BCUT2D eigenvalue weighted by molar-refractivity contribution is -0.124. The normalized spacial score (nSPS) is 11.6. The molecule has 0 radical (unpaired) electrons. The molecule has 4 heteroatoms. The lowest BCUT2D eigenvalue weighted by Crippen LogP contribution is -2.27. The molecule has 0 fully saturated rings. The standard InChI is InChI=1S/C16H23N3O/c1-10(2)15-18-13-8-12(6-7-14(13)19(15)5)9-17-16(20)11(3)4/h6-8,10-11H,9H2,1-5H3,(H,17,20). The Kier molecular flexibility index (Phi) is 4.12. The second-order valence-electron chi connectivity index (χ2n) is 5.88. The van der Waals surface area contributed by atoms with E-state index in [2.05, 4.69) is 46.9 Å². The Balaban J connectivity index is 2.23. The van der Waals surface area contributed by atoms with Crippen molar-refractivity contribution in [3.05, 3.63) is 29.6 Å². The van der Waals surface area contributed by atoms with Gasteiger partial charge in [-0.3, -0.25) is 4.79 Å². The van der Waals surface area contributed by atoms with Crippen LogP contribution in [0, 0.1) is 5.92 Å². The second-order valence-corrected chi connectivity index (χ2v) is 5.88. The van der Waals surface area contributed by atoms with Crippen LogP contribution in [0.1, 0.15) is 45.0 Å². The predicted octanol–water partition coefficient (Wildman–Crippen LogP) is 2.97. The summed E-state index contributed by atoms with van der Waals surface area (Å²) in [5.41, 5.74) is 3.21. The van der Waals surface area contributed by atoms with E-state index in [1.165, 1.54) is 0 Å². The minimum absolute atomic E-state index is 0.0149. The molecule has 108 valence electrons. The first-order valence-electron chi connectivity index (χ1n) is 7.13. The Hall–Kier alpha value is -1.84. The number of imidazole rings is 1. The zero-order valence-corrected chi connectivity index (χ0v) is 12.9. The molecular weight excluding hydrogens is 250 g/mol. The van der Waals surface area contributed by atoms with Crippen LogP contribution in [0.15, 0.2) is 18.2 Å². The molecule has 4 nitrogen and oxygen atoms in total. The van der Waals surface area contributed by atoms with E-state index in [9.17, 15) is 4.79 Å². The minimum Gasteiger partial charge on any atom is -0.352 e. The monoisotopic (exact) mass is 273 g/mol. The lowest BCUT2D eigenvalue weighted by atomic mass is 10.1. The number of nitrogens with one attached hydrogen (secondary N) is 1. The molecule has 1 heterocycles. The first kappa shape index (κ1) is 14.6. The van der Waals surface area contributed by atoms with Gasteiger partial charge in [0.1, 0.15) is 5.82 Å². The maximum Gasteiger partial charge on any atom is 0.222 e. The number of aryl methyl sites for hydroxylation is 1. The van der Waals surface area contributed by atoms with Gasteiger partial charge >= 0.3 is 0 Å². The quantitative estimate of drug-likeness (QED) is 0.931. The molecule has 2 aromatic rings. The molecule has 0 atom stereocenters. The molecule has 0 unspecified atom stereocenters. The Labute approximate surface area is 120 Å². The average Bonchev–Trinajstić information content (AvgIpc) is 2.73. The fourth-order valence-electron chi connectivity index (χ4n) is 2.28. The van der Waals surface area contributed by atoms with Crippen LogP contribution in [0.25, 0.3) is 11.0 Å². The summed E-state index contributed by atoms with van der Waals surface area (Å²) in [6.07, 6.45) is 0. The summed E-state index contributed by atoms with van der Waals surface area (Å²) in [6, 6.07) is 6.18. The first-order chi connectivity index (χ1) is 9.40. The molecule has 1 N–H and O–H groups in total. The molecule has 0 spiro atoms. The first-order valence-corrected chi connectivity index (χ1v) is 7.13. The highest BCUT2D eigenvalue weighted by Gasteiger charge is 2.11. The van der Waals surface area contributed by atoms with Crippen LogP contribution in [0.5, 0.6) is 0 Å². The van der Waals surface area contributed by atoms with E-state index in [4.69, 9.17) is 0 Å². The topological polar surface area (TPSA) is 46.9 Å². The van der Waals surface area contributed by atoms with E-state index in [-0.39, 0.29) is 11.8 Å². The highest BCUT2D eigenvalue weighted by atomic mass is 16.1. The number of amides is 1. The summed E-state index contributed by atoms with van der Waals surface area (Å²) in [6.45, 7) is 8.63. The van der Waals surface area contributed by atoms with E-state index in [0.29, 0.717) is 12.5 Å². The van der Waals surface area contributed by atoms with Crippen molar-refractivity contribution < 1.29 is 4.79 Å². The van der Waals surface area contributed by atoms with Crippen LogP contribution < -0.4 is 5.32 Å². The zero-order valence-electron chi connectivity index (χ0n) is 12.9. The third-order valence-electron chi connectivity index (χ3n) is 3.49. The van der Waals surface area contributed by atoms with Crippen LogP contribution in [0.2, 0.25) is 0 Å². The Morgan fingerprint density at radius 3 is 2.60 bits per heavy atom. The van der Waals surface area contributed by atoms with Gasteiger partial charge < -0.3 is 9.88 Å². The molecule has 1 aromatic carbocycles. The lowest BCUT2D eigenvalue weighted by Gasteiger charge is -2.07. The number of carbonyl (C=O) groups excluding carboxylic acids is 1. The van der Waals surface area contributed by atoms with Crippen molar-refractivity contribution in [2.45, 2.75) is 40.2 Å². The molecule has 2 rings (SSSR count). The van der Waals surface area contributed by atoms with Crippen molar-refractivity contribution >= 4 is 16.9 Å².